The minimum Gasteiger partial charge on any atom is -0.496 e. The minimum atomic E-state index is 0.727. The number of benzene rings is 1. The average Bonchev–Trinajstić information content (AvgIpc) is 2.85. The molecule has 4 nitrogen and oxygen atoms in total. The predicted molar refractivity (Wildman–Crippen MR) is 64.6 cm³/mol. The molecule has 1 aromatic carbocycles. The molecule has 17 heavy (non-hydrogen) atoms. The normalized spacial score (nSPS) is 13.5. The van der Waals surface area contributed by atoms with E-state index in [9.17, 15) is 0 Å². The van der Waals surface area contributed by atoms with Crippen molar-refractivity contribution in [2.45, 2.75) is 13.1 Å². The van der Waals surface area contributed by atoms with Gasteiger partial charge >= 0.3 is 0 Å². The summed E-state index contributed by atoms with van der Waals surface area (Å²) in [6.45, 7) is 1.68. The van der Waals surface area contributed by atoms with Gasteiger partial charge in [0.25, 0.3) is 0 Å². The fourth-order valence-corrected chi connectivity index (χ4v) is 2.02. The Labute approximate surface area is 99.7 Å². The zero-order valence-corrected chi connectivity index (χ0v) is 9.60. The van der Waals surface area contributed by atoms with Crippen LogP contribution in [-0.4, -0.2) is 17.1 Å². The standard InChI is InChI=1S/C13H13N3O/c1-17-12-5-3-2-4-10(12)13-15-7-9-6-14-8-11(9)16-13/h2-5,7,14H,6,8H2,1H3. The van der Waals surface area contributed by atoms with Gasteiger partial charge in [0.2, 0.25) is 0 Å². The van der Waals surface area contributed by atoms with E-state index >= 15 is 0 Å². The molecule has 0 saturated heterocycles. The van der Waals surface area contributed by atoms with Gasteiger partial charge in [-0.25, -0.2) is 9.97 Å². The molecule has 1 aromatic heterocycles. The van der Waals surface area contributed by atoms with Crippen LogP contribution in [-0.2, 0) is 13.1 Å². The molecule has 1 N–H and O–H groups in total. The van der Waals surface area contributed by atoms with E-state index in [4.69, 9.17) is 4.74 Å². The Kier molecular flexibility index (Phi) is 2.49. The van der Waals surface area contributed by atoms with Crippen LogP contribution in [0.4, 0.5) is 0 Å². The summed E-state index contributed by atoms with van der Waals surface area (Å²) in [5, 5.41) is 3.26. The molecular formula is C13H13N3O. The second kappa shape index (κ2) is 4.14. The highest BCUT2D eigenvalue weighted by molar-refractivity contribution is 5.64. The Morgan fingerprint density at radius 3 is 3.00 bits per heavy atom. The summed E-state index contributed by atoms with van der Waals surface area (Å²) in [5.74, 6) is 1.53. The molecule has 1 aliphatic rings. The second-order valence-corrected chi connectivity index (χ2v) is 3.97. The molecule has 0 amide bonds. The van der Waals surface area contributed by atoms with Crippen LogP contribution < -0.4 is 10.1 Å². The Morgan fingerprint density at radius 2 is 2.12 bits per heavy atom. The number of aromatic nitrogens is 2. The van der Waals surface area contributed by atoms with Crippen molar-refractivity contribution in [3.05, 3.63) is 41.7 Å². The predicted octanol–water partition coefficient (Wildman–Crippen LogP) is 1.76. The monoisotopic (exact) mass is 227 g/mol. The number of hydrogen-bond acceptors (Lipinski definition) is 4. The summed E-state index contributed by atoms with van der Waals surface area (Å²) >= 11 is 0. The fourth-order valence-electron chi connectivity index (χ4n) is 2.02. The second-order valence-electron chi connectivity index (χ2n) is 3.97. The van der Waals surface area contributed by atoms with Gasteiger partial charge in [-0.3, -0.25) is 0 Å². The Balaban J connectivity index is 2.09. The van der Waals surface area contributed by atoms with E-state index < -0.39 is 0 Å². The molecule has 0 bridgehead atoms. The minimum absolute atomic E-state index is 0.727. The summed E-state index contributed by atoms with van der Waals surface area (Å²) in [4.78, 5) is 8.98. The van der Waals surface area contributed by atoms with Crippen LogP contribution in [0.3, 0.4) is 0 Å². The zero-order chi connectivity index (χ0) is 11.7. The topological polar surface area (TPSA) is 47.0 Å². The van der Waals surface area contributed by atoms with E-state index in [0.29, 0.717) is 0 Å². The maximum absolute atomic E-state index is 5.32. The van der Waals surface area contributed by atoms with Gasteiger partial charge in [0.1, 0.15) is 5.75 Å². The third kappa shape index (κ3) is 1.76. The Bertz CT molecular complexity index is 554. The van der Waals surface area contributed by atoms with Gasteiger partial charge in [-0.05, 0) is 12.1 Å². The van der Waals surface area contributed by atoms with E-state index in [2.05, 4.69) is 15.3 Å². The molecule has 1 aliphatic heterocycles. The van der Waals surface area contributed by atoms with Crippen molar-refractivity contribution in [1.29, 1.82) is 0 Å². The molecule has 2 heterocycles. The number of rotatable bonds is 2. The number of nitrogens with zero attached hydrogens (tertiary/aromatic N) is 2. The van der Waals surface area contributed by atoms with Crippen LogP contribution in [0.2, 0.25) is 0 Å². The number of para-hydroxylation sites is 1. The van der Waals surface area contributed by atoms with Gasteiger partial charge in [0.05, 0.1) is 18.4 Å². The highest BCUT2D eigenvalue weighted by Gasteiger charge is 2.15. The van der Waals surface area contributed by atoms with Gasteiger partial charge in [-0.15, -0.1) is 0 Å². The highest BCUT2D eigenvalue weighted by atomic mass is 16.5. The first-order chi connectivity index (χ1) is 8.38. The fraction of sp³-hybridized carbons (Fsp3) is 0.231. The van der Waals surface area contributed by atoms with Crippen LogP contribution in [0.25, 0.3) is 11.4 Å². The molecule has 3 rings (SSSR count). The smallest absolute Gasteiger partial charge is 0.163 e. The maximum atomic E-state index is 5.32. The van der Waals surface area contributed by atoms with E-state index in [-0.39, 0.29) is 0 Å². The molecule has 2 aromatic rings. The van der Waals surface area contributed by atoms with E-state index in [1.54, 1.807) is 7.11 Å². The SMILES string of the molecule is COc1ccccc1-c1ncc2c(n1)CNC2. The lowest BCUT2D eigenvalue weighted by Crippen LogP contribution is -2.00. The highest BCUT2D eigenvalue weighted by Crippen LogP contribution is 2.27. The number of nitrogens with one attached hydrogen (secondary N) is 1. The molecule has 0 atom stereocenters. The Morgan fingerprint density at radius 1 is 1.24 bits per heavy atom. The summed E-state index contributed by atoms with van der Waals surface area (Å²) in [6.07, 6.45) is 1.89. The van der Waals surface area contributed by atoms with Crippen LogP contribution in [0.15, 0.2) is 30.5 Å². The molecule has 0 fully saturated rings. The first kappa shape index (κ1) is 10.2. The van der Waals surface area contributed by atoms with Gasteiger partial charge in [0.15, 0.2) is 5.82 Å². The van der Waals surface area contributed by atoms with Crippen LogP contribution >= 0.6 is 0 Å². The van der Waals surface area contributed by atoms with Crippen molar-refractivity contribution < 1.29 is 4.74 Å². The number of fused-ring (bicyclic) bond motifs is 1. The van der Waals surface area contributed by atoms with Crippen molar-refractivity contribution in [3.8, 4) is 17.1 Å². The summed E-state index contributed by atoms with van der Waals surface area (Å²) in [7, 11) is 1.66. The number of hydrogen-bond donors (Lipinski definition) is 1. The third-order valence-corrected chi connectivity index (χ3v) is 2.91. The lowest BCUT2D eigenvalue weighted by atomic mass is 10.1. The Hall–Kier alpha value is -1.94. The lowest BCUT2D eigenvalue weighted by Gasteiger charge is -2.07. The van der Waals surface area contributed by atoms with Crippen molar-refractivity contribution in [1.82, 2.24) is 15.3 Å². The first-order valence-electron chi connectivity index (χ1n) is 5.57. The molecule has 86 valence electrons. The molecule has 0 saturated carbocycles. The average molecular weight is 227 g/mol. The molecule has 0 radical (unpaired) electrons. The van der Waals surface area contributed by atoms with E-state index in [0.717, 1.165) is 35.9 Å². The van der Waals surface area contributed by atoms with Crippen LogP contribution in [0.1, 0.15) is 11.3 Å². The lowest BCUT2D eigenvalue weighted by molar-refractivity contribution is 0.416. The van der Waals surface area contributed by atoms with Crippen molar-refractivity contribution >= 4 is 0 Å². The third-order valence-electron chi connectivity index (χ3n) is 2.91. The van der Waals surface area contributed by atoms with Crippen molar-refractivity contribution in [2.24, 2.45) is 0 Å². The van der Waals surface area contributed by atoms with Crippen molar-refractivity contribution in [2.75, 3.05) is 7.11 Å². The summed E-state index contributed by atoms with van der Waals surface area (Å²) < 4.78 is 5.32. The summed E-state index contributed by atoms with van der Waals surface area (Å²) in [5.41, 5.74) is 3.20. The number of ether oxygens (including phenoxy) is 1. The quantitative estimate of drug-likeness (QED) is 0.849. The molecule has 0 aliphatic carbocycles. The zero-order valence-electron chi connectivity index (χ0n) is 9.60. The van der Waals surface area contributed by atoms with Crippen LogP contribution in [0.5, 0.6) is 5.75 Å². The molecule has 0 unspecified atom stereocenters. The van der Waals surface area contributed by atoms with Gasteiger partial charge < -0.3 is 10.1 Å². The molecular weight excluding hydrogens is 214 g/mol. The van der Waals surface area contributed by atoms with Gasteiger partial charge in [0, 0.05) is 24.8 Å². The molecule has 0 spiro atoms. The largest absolute Gasteiger partial charge is 0.496 e. The van der Waals surface area contributed by atoms with Gasteiger partial charge in [-0.1, -0.05) is 12.1 Å². The van der Waals surface area contributed by atoms with E-state index in [1.165, 1.54) is 5.56 Å². The van der Waals surface area contributed by atoms with Gasteiger partial charge in [-0.2, -0.15) is 0 Å². The van der Waals surface area contributed by atoms with Crippen LogP contribution in [0, 0.1) is 0 Å². The van der Waals surface area contributed by atoms with Crippen molar-refractivity contribution in [3.63, 3.8) is 0 Å². The first-order valence-corrected chi connectivity index (χ1v) is 5.57. The summed E-state index contributed by atoms with van der Waals surface area (Å²) in [6, 6.07) is 7.80. The maximum Gasteiger partial charge on any atom is 0.163 e. The molecule has 4 heteroatoms. The van der Waals surface area contributed by atoms with E-state index in [1.807, 2.05) is 30.5 Å². The number of methoxy groups -OCH3 is 1.